The van der Waals surface area contributed by atoms with Gasteiger partial charge in [0.15, 0.2) is 11.5 Å². The summed E-state index contributed by atoms with van der Waals surface area (Å²) in [6.45, 7) is 1.30. The first kappa shape index (κ1) is 11.7. The van der Waals surface area contributed by atoms with Crippen LogP contribution in [0.1, 0.15) is 18.5 Å². The van der Waals surface area contributed by atoms with Crippen LogP contribution in [0.15, 0.2) is 12.1 Å². The quantitative estimate of drug-likeness (QED) is 0.871. The highest BCUT2D eigenvalue weighted by Crippen LogP contribution is 2.43. The molecule has 0 unspecified atom stereocenters. The average Bonchev–Trinajstić information content (AvgIpc) is 3.08. The minimum atomic E-state index is -4.44. The third-order valence-electron chi connectivity index (χ3n) is 3.63. The van der Waals surface area contributed by atoms with Gasteiger partial charge in [0.1, 0.15) is 0 Å². The second-order valence-electron chi connectivity index (χ2n) is 5.14. The van der Waals surface area contributed by atoms with Crippen LogP contribution in [0.25, 0.3) is 0 Å². The van der Waals surface area contributed by atoms with Crippen molar-refractivity contribution in [2.24, 2.45) is 11.7 Å². The molecule has 1 aromatic rings. The van der Waals surface area contributed by atoms with Crippen LogP contribution in [0.4, 0.5) is 19.0 Å². The smallest absolute Gasteiger partial charge is 0.351 e. The van der Waals surface area contributed by atoms with Gasteiger partial charge in [-0.25, -0.2) is 0 Å². The fourth-order valence-electron chi connectivity index (χ4n) is 2.39. The number of rotatable bonds is 2. The number of anilines is 1. The number of hydrogen-bond acceptors (Lipinski definition) is 4. The third-order valence-corrected chi connectivity index (χ3v) is 3.63. The van der Waals surface area contributed by atoms with Gasteiger partial charge in [-0.1, -0.05) is 0 Å². The zero-order chi connectivity index (χ0) is 13.0. The summed E-state index contributed by atoms with van der Waals surface area (Å²) in [7, 11) is 0. The van der Waals surface area contributed by atoms with Gasteiger partial charge >= 0.3 is 6.18 Å². The first-order valence-corrected chi connectivity index (χ1v) is 5.83. The molecule has 0 radical (unpaired) electrons. The number of nitrogens with zero attached hydrogens (tertiary/aromatic N) is 3. The largest absolute Gasteiger partial charge is 0.435 e. The molecule has 1 aromatic heterocycles. The highest BCUT2D eigenvalue weighted by atomic mass is 19.4. The van der Waals surface area contributed by atoms with Gasteiger partial charge in [-0.05, 0) is 30.9 Å². The Bertz CT molecular complexity index is 446. The van der Waals surface area contributed by atoms with Crippen LogP contribution < -0.4 is 10.6 Å². The molecule has 1 aliphatic carbocycles. The van der Waals surface area contributed by atoms with E-state index in [9.17, 15) is 13.2 Å². The summed E-state index contributed by atoms with van der Waals surface area (Å²) in [4.78, 5) is 1.87. The van der Waals surface area contributed by atoms with Gasteiger partial charge in [0, 0.05) is 13.1 Å². The highest BCUT2D eigenvalue weighted by molar-refractivity contribution is 5.44. The number of hydrogen-bond donors (Lipinski definition) is 1. The summed E-state index contributed by atoms with van der Waals surface area (Å²) in [5, 5.41) is 6.82. The van der Waals surface area contributed by atoms with Crippen molar-refractivity contribution in [3.63, 3.8) is 0 Å². The van der Waals surface area contributed by atoms with Crippen LogP contribution in [0.3, 0.4) is 0 Å². The molecule has 98 valence electrons. The predicted octanol–water partition coefficient (Wildman–Crippen LogP) is 1.42. The number of alkyl halides is 3. The molecule has 0 aromatic carbocycles. The minimum absolute atomic E-state index is 0.176. The molecule has 1 aliphatic heterocycles. The van der Waals surface area contributed by atoms with Gasteiger partial charge in [-0.2, -0.15) is 13.2 Å². The average molecular weight is 258 g/mol. The topological polar surface area (TPSA) is 55.0 Å². The molecular weight excluding hydrogens is 245 g/mol. The molecule has 0 atom stereocenters. The van der Waals surface area contributed by atoms with Gasteiger partial charge in [-0.15, -0.1) is 10.2 Å². The summed E-state index contributed by atoms with van der Waals surface area (Å²) < 4.78 is 37.0. The Morgan fingerprint density at radius 2 is 1.89 bits per heavy atom. The van der Waals surface area contributed by atoms with E-state index in [1.165, 1.54) is 6.07 Å². The highest BCUT2D eigenvalue weighted by Gasteiger charge is 2.50. The molecule has 1 saturated carbocycles. The second-order valence-corrected chi connectivity index (χ2v) is 5.14. The van der Waals surface area contributed by atoms with E-state index in [4.69, 9.17) is 5.73 Å². The molecule has 0 amide bonds. The molecule has 4 nitrogen and oxygen atoms in total. The van der Waals surface area contributed by atoms with Crippen LogP contribution in [-0.2, 0) is 6.18 Å². The molecular formula is C11H13F3N4. The van der Waals surface area contributed by atoms with Crippen molar-refractivity contribution in [3.05, 3.63) is 17.8 Å². The van der Waals surface area contributed by atoms with E-state index in [0.29, 0.717) is 24.8 Å². The van der Waals surface area contributed by atoms with Gasteiger partial charge in [0.05, 0.1) is 5.54 Å². The van der Waals surface area contributed by atoms with Crippen molar-refractivity contribution in [1.29, 1.82) is 0 Å². The molecule has 2 fully saturated rings. The lowest BCUT2D eigenvalue weighted by Gasteiger charge is -2.48. The Balaban J connectivity index is 1.68. The van der Waals surface area contributed by atoms with Crippen LogP contribution in [-0.4, -0.2) is 28.8 Å². The Morgan fingerprint density at radius 3 is 2.33 bits per heavy atom. The monoisotopic (exact) mass is 258 g/mol. The lowest BCUT2D eigenvalue weighted by atomic mass is 9.86. The van der Waals surface area contributed by atoms with E-state index in [1.807, 2.05) is 4.90 Å². The van der Waals surface area contributed by atoms with Gasteiger partial charge < -0.3 is 10.6 Å². The van der Waals surface area contributed by atoms with Crippen LogP contribution in [0.5, 0.6) is 0 Å². The zero-order valence-electron chi connectivity index (χ0n) is 9.61. The van der Waals surface area contributed by atoms with Crippen molar-refractivity contribution in [3.8, 4) is 0 Å². The Kier molecular flexibility index (Phi) is 2.32. The molecule has 2 N–H and O–H groups in total. The van der Waals surface area contributed by atoms with Gasteiger partial charge in [-0.3, -0.25) is 0 Å². The first-order chi connectivity index (χ1) is 8.38. The maximum absolute atomic E-state index is 12.3. The second kappa shape index (κ2) is 3.57. The van der Waals surface area contributed by atoms with Crippen molar-refractivity contribution in [2.45, 2.75) is 24.6 Å². The molecule has 18 heavy (non-hydrogen) atoms. The molecule has 0 bridgehead atoms. The fourth-order valence-corrected chi connectivity index (χ4v) is 2.39. The fraction of sp³-hybridized carbons (Fsp3) is 0.636. The standard InChI is InChI=1S/C11H13F3N4/c12-11(13,14)8-3-4-9(17-16-8)18-5-10(15,6-18)7-1-2-7/h3-4,7H,1-2,5-6,15H2. The van der Waals surface area contributed by atoms with E-state index < -0.39 is 11.9 Å². The lowest BCUT2D eigenvalue weighted by Crippen LogP contribution is -2.69. The van der Waals surface area contributed by atoms with E-state index >= 15 is 0 Å². The predicted molar refractivity (Wildman–Crippen MR) is 58.9 cm³/mol. The van der Waals surface area contributed by atoms with Crippen LogP contribution >= 0.6 is 0 Å². The van der Waals surface area contributed by atoms with E-state index in [0.717, 1.165) is 18.9 Å². The summed E-state index contributed by atoms with van der Waals surface area (Å²) in [6.07, 6.45) is -2.13. The summed E-state index contributed by atoms with van der Waals surface area (Å²) in [5.41, 5.74) is 5.02. The lowest BCUT2D eigenvalue weighted by molar-refractivity contribution is -0.141. The van der Waals surface area contributed by atoms with Gasteiger partial charge in [0.25, 0.3) is 0 Å². The van der Waals surface area contributed by atoms with Crippen LogP contribution in [0, 0.1) is 5.92 Å². The molecule has 2 heterocycles. The van der Waals surface area contributed by atoms with Crippen molar-refractivity contribution < 1.29 is 13.2 Å². The maximum atomic E-state index is 12.3. The summed E-state index contributed by atoms with van der Waals surface area (Å²) in [5.74, 6) is 1.03. The molecule has 0 spiro atoms. The first-order valence-electron chi connectivity index (χ1n) is 5.83. The Morgan fingerprint density at radius 1 is 1.22 bits per heavy atom. The van der Waals surface area contributed by atoms with Gasteiger partial charge in [0.2, 0.25) is 0 Å². The SMILES string of the molecule is NC1(C2CC2)CN(c2ccc(C(F)(F)F)nn2)C1. The van der Waals surface area contributed by atoms with E-state index in [-0.39, 0.29) is 5.54 Å². The molecule has 2 aliphatic rings. The number of aromatic nitrogens is 2. The Hall–Kier alpha value is -1.37. The summed E-state index contributed by atoms with van der Waals surface area (Å²) in [6, 6.07) is 2.30. The third kappa shape index (κ3) is 1.92. The molecule has 3 rings (SSSR count). The molecule has 7 heteroatoms. The Labute approximate surface area is 102 Å². The van der Waals surface area contributed by atoms with Crippen molar-refractivity contribution in [2.75, 3.05) is 18.0 Å². The zero-order valence-corrected chi connectivity index (χ0v) is 9.61. The number of halogens is 3. The van der Waals surface area contributed by atoms with Crippen LogP contribution in [0.2, 0.25) is 0 Å². The number of nitrogens with two attached hydrogens (primary N) is 1. The van der Waals surface area contributed by atoms with Crippen molar-refractivity contribution >= 4 is 5.82 Å². The maximum Gasteiger partial charge on any atom is 0.435 e. The molecule has 1 saturated heterocycles. The summed E-state index contributed by atoms with van der Waals surface area (Å²) >= 11 is 0. The minimum Gasteiger partial charge on any atom is -0.351 e. The van der Waals surface area contributed by atoms with E-state index in [1.54, 1.807) is 0 Å². The normalized spacial score (nSPS) is 22.8. The van der Waals surface area contributed by atoms with Crippen molar-refractivity contribution in [1.82, 2.24) is 10.2 Å². The van der Waals surface area contributed by atoms with E-state index in [2.05, 4.69) is 10.2 Å².